The van der Waals surface area contributed by atoms with E-state index in [-0.39, 0.29) is 12.1 Å². The summed E-state index contributed by atoms with van der Waals surface area (Å²) >= 11 is 0. The largest absolute Gasteiger partial charge is 0.392 e. The maximum absolute atomic E-state index is 9.95. The van der Waals surface area contributed by atoms with Gasteiger partial charge in [0.15, 0.2) is 0 Å². The highest BCUT2D eigenvalue weighted by Crippen LogP contribution is 2.17. The van der Waals surface area contributed by atoms with E-state index in [4.69, 9.17) is 5.73 Å². The number of unbranched alkanes of at least 4 members (excludes halogenated alkanes) is 7. The van der Waals surface area contributed by atoms with Crippen LogP contribution < -0.4 is 5.73 Å². The summed E-state index contributed by atoms with van der Waals surface area (Å²) in [6.45, 7) is 9.53. The molecule has 0 heterocycles. The van der Waals surface area contributed by atoms with Crippen LogP contribution in [0.15, 0.2) is 0 Å². The molecule has 0 saturated carbocycles. The average molecular weight is 345 g/mol. The van der Waals surface area contributed by atoms with Crippen LogP contribution in [-0.2, 0) is 0 Å². The van der Waals surface area contributed by atoms with Crippen LogP contribution in [-0.4, -0.2) is 52.5 Å². The van der Waals surface area contributed by atoms with Crippen molar-refractivity contribution in [3.8, 4) is 0 Å². The first kappa shape index (κ1) is 23.8. The van der Waals surface area contributed by atoms with Gasteiger partial charge in [-0.25, -0.2) is 0 Å². The fraction of sp³-hybridized carbons (Fsp3) is 1.00. The van der Waals surface area contributed by atoms with Crippen molar-refractivity contribution < 1.29 is 10.2 Å². The Kier molecular flexibility index (Phi) is 15.0. The topological polar surface area (TPSA) is 69.7 Å². The zero-order valence-corrected chi connectivity index (χ0v) is 16.7. The molecule has 4 unspecified atom stereocenters. The Labute approximate surface area is 150 Å². The smallest absolute Gasteiger partial charge is 0.0674 e. The Hall–Kier alpha value is -0.160. The van der Waals surface area contributed by atoms with Crippen LogP contribution in [0.5, 0.6) is 0 Å². The molecule has 0 aliphatic carbocycles. The maximum Gasteiger partial charge on any atom is 0.0674 e. The molecule has 0 radical (unpaired) electrons. The van der Waals surface area contributed by atoms with E-state index in [1.54, 1.807) is 0 Å². The van der Waals surface area contributed by atoms with Crippen molar-refractivity contribution >= 4 is 0 Å². The minimum absolute atomic E-state index is 0.110. The molecule has 0 bridgehead atoms. The molecule has 24 heavy (non-hydrogen) atoms. The van der Waals surface area contributed by atoms with Gasteiger partial charge < -0.3 is 15.9 Å². The van der Waals surface area contributed by atoms with Gasteiger partial charge in [0, 0.05) is 25.2 Å². The van der Waals surface area contributed by atoms with Gasteiger partial charge in [-0.2, -0.15) is 0 Å². The van der Waals surface area contributed by atoms with Gasteiger partial charge in [0.25, 0.3) is 0 Å². The van der Waals surface area contributed by atoms with Crippen molar-refractivity contribution in [1.29, 1.82) is 0 Å². The number of rotatable bonds is 16. The lowest BCUT2D eigenvalue weighted by Gasteiger charge is -2.36. The van der Waals surface area contributed by atoms with E-state index in [9.17, 15) is 10.2 Å². The minimum atomic E-state index is -0.441. The Morgan fingerprint density at radius 3 is 1.88 bits per heavy atom. The van der Waals surface area contributed by atoms with Crippen LogP contribution in [0.25, 0.3) is 0 Å². The second kappa shape index (κ2) is 15.1. The first-order chi connectivity index (χ1) is 11.4. The molecule has 4 heteroatoms. The number of nitrogens with two attached hydrogens (primary N) is 1. The Bertz CT molecular complexity index is 274. The SMILES string of the molecule is CCCCCCCCCCC(C)N(CCC(O)CN)C(C)C(C)O. The van der Waals surface area contributed by atoms with Crippen molar-refractivity contribution in [1.82, 2.24) is 4.90 Å². The number of hydrogen-bond acceptors (Lipinski definition) is 4. The van der Waals surface area contributed by atoms with E-state index in [1.807, 2.05) is 6.92 Å². The molecule has 0 amide bonds. The van der Waals surface area contributed by atoms with E-state index in [2.05, 4.69) is 25.7 Å². The maximum atomic E-state index is 9.95. The quantitative estimate of drug-likeness (QED) is 0.374. The molecule has 0 spiro atoms. The average Bonchev–Trinajstić information content (AvgIpc) is 2.56. The highest BCUT2D eigenvalue weighted by molar-refractivity contribution is 4.78. The fourth-order valence-corrected chi connectivity index (χ4v) is 3.26. The number of hydrogen-bond donors (Lipinski definition) is 3. The van der Waals surface area contributed by atoms with Gasteiger partial charge in [-0.05, 0) is 33.6 Å². The Morgan fingerprint density at radius 1 is 0.833 bits per heavy atom. The van der Waals surface area contributed by atoms with E-state index in [1.165, 1.54) is 51.4 Å². The number of aliphatic hydroxyl groups excluding tert-OH is 2. The molecule has 0 aliphatic heterocycles. The van der Waals surface area contributed by atoms with Crippen molar-refractivity contribution in [2.24, 2.45) is 5.73 Å². The predicted octanol–water partition coefficient (Wildman–Crippen LogP) is 3.69. The van der Waals surface area contributed by atoms with Crippen LogP contribution in [0, 0.1) is 0 Å². The van der Waals surface area contributed by atoms with Gasteiger partial charge in [-0.15, -0.1) is 0 Å². The van der Waals surface area contributed by atoms with E-state index in [0.29, 0.717) is 19.0 Å². The molecule has 0 fully saturated rings. The molecule has 0 aromatic rings. The zero-order valence-electron chi connectivity index (χ0n) is 16.7. The van der Waals surface area contributed by atoms with Crippen LogP contribution in [0.1, 0.15) is 91.9 Å². The van der Waals surface area contributed by atoms with Gasteiger partial charge in [0.2, 0.25) is 0 Å². The molecule has 0 saturated heterocycles. The molecule has 4 N–H and O–H groups in total. The van der Waals surface area contributed by atoms with Crippen molar-refractivity contribution in [3.63, 3.8) is 0 Å². The number of aliphatic hydroxyl groups is 2. The summed E-state index contributed by atoms with van der Waals surface area (Å²) in [6.07, 6.45) is 11.7. The van der Waals surface area contributed by atoms with E-state index >= 15 is 0 Å². The minimum Gasteiger partial charge on any atom is -0.392 e. The summed E-state index contributed by atoms with van der Waals surface area (Å²) in [5, 5.41) is 19.7. The molecule has 0 aromatic heterocycles. The molecular weight excluding hydrogens is 300 g/mol. The number of nitrogens with zero attached hydrogens (tertiary/aromatic N) is 1. The first-order valence-corrected chi connectivity index (χ1v) is 10.3. The van der Waals surface area contributed by atoms with Gasteiger partial charge in [0.05, 0.1) is 12.2 Å². The van der Waals surface area contributed by atoms with E-state index < -0.39 is 6.10 Å². The molecule has 4 nitrogen and oxygen atoms in total. The lowest BCUT2D eigenvalue weighted by Crippen LogP contribution is -2.47. The fourth-order valence-electron chi connectivity index (χ4n) is 3.26. The standard InChI is InChI=1S/C20H44N2O2/c1-5-6-7-8-9-10-11-12-13-17(2)22(18(3)19(4)23)15-14-20(24)16-21/h17-20,23-24H,5-16,21H2,1-4H3. The van der Waals surface area contributed by atoms with Gasteiger partial charge in [-0.3, -0.25) is 4.90 Å². The summed E-state index contributed by atoms with van der Waals surface area (Å²) in [5.41, 5.74) is 5.51. The second-order valence-corrected chi connectivity index (χ2v) is 7.51. The summed E-state index contributed by atoms with van der Waals surface area (Å²) in [5.74, 6) is 0. The zero-order chi connectivity index (χ0) is 18.4. The molecule has 4 atom stereocenters. The third-order valence-electron chi connectivity index (χ3n) is 5.26. The van der Waals surface area contributed by atoms with E-state index in [0.717, 1.165) is 13.0 Å². The second-order valence-electron chi connectivity index (χ2n) is 7.51. The monoisotopic (exact) mass is 344 g/mol. The highest BCUT2D eigenvalue weighted by atomic mass is 16.3. The third kappa shape index (κ3) is 11.4. The third-order valence-corrected chi connectivity index (χ3v) is 5.26. The van der Waals surface area contributed by atoms with Crippen LogP contribution in [0.4, 0.5) is 0 Å². The predicted molar refractivity (Wildman–Crippen MR) is 104 cm³/mol. The summed E-state index contributed by atoms with van der Waals surface area (Å²) in [4.78, 5) is 2.34. The molecule has 0 rings (SSSR count). The summed E-state index contributed by atoms with van der Waals surface area (Å²) < 4.78 is 0. The normalized spacial score (nSPS) is 17.0. The molecular formula is C20H44N2O2. The first-order valence-electron chi connectivity index (χ1n) is 10.3. The van der Waals surface area contributed by atoms with Crippen LogP contribution >= 0.6 is 0 Å². The summed E-state index contributed by atoms with van der Waals surface area (Å²) in [6, 6.07) is 0.540. The molecule has 0 aliphatic rings. The molecule has 146 valence electrons. The van der Waals surface area contributed by atoms with Crippen molar-refractivity contribution in [2.75, 3.05) is 13.1 Å². The van der Waals surface area contributed by atoms with Crippen molar-refractivity contribution in [3.05, 3.63) is 0 Å². The van der Waals surface area contributed by atoms with Gasteiger partial charge in [-0.1, -0.05) is 58.3 Å². The van der Waals surface area contributed by atoms with Crippen LogP contribution in [0.2, 0.25) is 0 Å². The Balaban J connectivity index is 4.08. The lowest BCUT2D eigenvalue weighted by molar-refractivity contribution is 0.0333. The van der Waals surface area contributed by atoms with Gasteiger partial charge in [0.1, 0.15) is 0 Å². The van der Waals surface area contributed by atoms with Crippen molar-refractivity contribution in [2.45, 2.75) is 116 Å². The van der Waals surface area contributed by atoms with Gasteiger partial charge >= 0.3 is 0 Å². The highest BCUT2D eigenvalue weighted by Gasteiger charge is 2.23. The lowest BCUT2D eigenvalue weighted by atomic mass is 10.0. The Morgan fingerprint density at radius 2 is 1.38 bits per heavy atom. The van der Waals surface area contributed by atoms with Crippen LogP contribution in [0.3, 0.4) is 0 Å². The molecule has 0 aromatic carbocycles. The summed E-state index contributed by atoms with van der Waals surface area (Å²) in [7, 11) is 0.